The number of hydrogen-bond donors (Lipinski definition) is 1. The number of carbonyl (C=O) groups is 1. The van der Waals surface area contributed by atoms with Gasteiger partial charge in [-0.15, -0.1) is 0 Å². The van der Waals surface area contributed by atoms with Gasteiger partial charge < -0.3 is 14.3 Å². The molecule has 126 valence electrons. The van der Waals surface area contributed by atoms with Crippen molar-refractivity contribution in [3.63, 3.8) is 0 Å². The molecule has 1 aromatic carbocycles. The number of nitrogens with zero attached hydrogens (tertiary/aromatic N) is 1. The first-order chi connectivity index (χ1) is 11.0. The Bertz CT molecular complexity index is 557. The summed E-state index contributed by atoms with van der Waals surface area (Å²) in [6.07, 6.45) is 5.28. The fraction of sp³-hybridized carbons (Fsp3) is 0.632. The molecule has 2 heterocycles. The molecule has 4 heteroatoms. The van der Waals surface area contributed by atoms with Gasteiger partial charge in [0.05, 0.1) is 25.2 Å². The van der Waals surface area contributed by atoms with Crippen LogP contribution in [0.1, 0.15) is 51.0 Å². The maximum atomic E-state index is 11.9. The number of piperidine rings is 1. The fourth-order valence-corrected chi connectivity index (χ4v) is 4.45. The van der Waals surface area contributed by atoms with E-state index in [2.05, 4.69) is 13.1 Å². The van der Waals surface area contributed by atoms with Crippen molar-refractivity contribution < 1.29 is 19.1 Å². The summed E-state index contributed by atoms with van der Waals surface area (Å²) in [4.78, 5) is 11.9. The molecule has 0 saturated carbocycles. The first kappa shape index (κ1) is 16.5. The SMILES string of the molecule is CCCC(=O)Oc1ccccc1C[N+]1(C)C2CCC1CC(O)C2. The highest BCUT2D eigenvalue weighted by molar-refractivity contribution is 5.72. The van der Waals surface area contributed by atoms with Crippen LogP contribution in [0.3, 0.4) is 0 Å². The average Bonchev–Trinajstić information content (AvgIpc) is 2.69. The quantitative estimate of drug-likeness (QED) is 0.516. The highest BCUT2D eigenvalue weighted by atomic mass is 16.5. The lowest BCUT2D eigenvalue weighted by Crippen LogP contribution is -2.57. The summed E-state index contributed by atoms with van der Waals surface area (Å²) >= 11 is 0. The van der Waals surface area contributed by atoms with Gasteiger partial charge in [-0.1, -0.05) is 19.1 Å². The molecule has 0 amide bonds. The molecule has 23 heavy (non-hydrogen) atoms. The van der Waals surface area contributed by atoms with Crippen LogP contribution in [0.15, 0.2) is 24.3 Å². The van der Waals surface area contributed by atoms with Crippen LogP contribution in [0, 0.1) is 0 Å². The predicted molar refractivity (Wildman–Crippen MR) is 88.9 cm³/mol. The average molecular weight is 318 g/mol. The van der Waals surface area contributed by atoms with E-state index in [9.17, 15) is 9.90 Å². The second-order valence-corrected chi connectivity index (χ2v) is 7.35. The van der Waals surface area contributed by atoms with E-state index in [1.807, 2.05) is 25.1 Å². The third kappa shape index (κ3) is 3.29. The van der Waals surface area contributed by atoms with Gasteiger partial charge in [0.1, 0.15) is 12.3 Å². The number of rotatable bonds is 5. The van der Waals surface area contributed by atoms with Crippen LogP contribution in [-0.4, -0.2) is 40.8 Å². The lowest BCUT2D eigenvalue weighted by atomic mass is 9.95. The van der Waals surface area contributed by atoms with Crippen LogP contribution in [-0.2, 0) is 11.3 Å². The van der Waals surface area contributed by atoms with Crippen molar-refractivity contribution in [2.24, 2.45) is 0 Å². The summed E-state index contributed by atoms with van der Waals surface area (Å²) in [6, 6.07) is 8.94. The summed E-state index contributed by atoms with van der Waals surface area (Å²) in [5.41, 5.74) is 1.10. The lowest BCUT2D eigenvalue weighted by molar-refractivity contribution is -0.961. The van der Waals surface area contributed by atoms with Crippen LogP contribution in [0.5, 0.6) is 5.75 Å². The minimum absolute atomic E-state index is 0.142. The number of ether oxygens (including phenoxy) is 1. The Balaban J connectivity index is 1.79. The van der Waals surface area contributed by atoms with Crippen LogP contribution in [0.25, 0.3) is 0 Å². The van der Waals surface area contributed by atoms with E-state index in [-0.39, 0.29) is 12.1 Å². The normalized spacial score (nSPS) is 32.7. The topological polar surface area (TPSA) is 46.5 Å². The second-order valence-electron chi connectivity index (χ2n) is 7.35. The monoisotopic (exact) mass is 318 g/mol. The van der Waals surface area contributed by atoms with Crippen LogP contribution in [0.4, 0.5) is 0 Å². The molecular formula is C19H28NO3+. The molecule has 0 aromatic heterocycles. The summed E-state index contributed by atoms with van der Waals surface area (Å²) in [5, 5.41) is 10.0. The number of benzene rings is 1. The summed E-state index contributed by atoms with van der Waals surface area (Å²) in [6.45, 7) is 2.85. The fourth-order valence-electron chi connectivity index (χ4n) is 4.45. The van der Waals surface area contributed by atoms with E-state index in [1.54, 1.807) is 0 Å². The second kappa shape index (κ2) is 6.62. The Labute approximate surface area is 138 Å². The molecular weight excluding hydrogens is 290 g/mol. The van der Waals surface area contributed by atoms with E-state index in [0.717, 1.165) is 35.9 Å². The molecule has 0 spiro atoms. The molecule has 2 saturated heterocycles. The van der Waals surface area contributed by atoms with Crippen molar-refractivity contribution in [1.82, 2.24) is 0 Å². The van der Waals surface area contributed by atoms with Crippen molar-refractivity contribution in [2.75, 3.05) is 7.05 Å². The van der Waals surface area contributed by atoms with E-state index in [1.165, 1.54) is 12.8 Å². The van der Waals surface area contributed by atoms with E-state index in [4.69, 9.17) is 4.74 Å². The Morgan fingerprint density at radius 2 is 1.91 bits per heavy atom. The van der Waals surface area contributed by atoms with E-state index >= 15 is 0 Å². The maximum Gasteiger partial charge on any atom is 0.311 e. The van der Waals surface area contributed by atoms with Gasteiger partial charge in [-0.05, 0) is 18.6 Å². The van der Waals surface area contributed by atoms with Crippen molar-refractivity contribution >= 4 is 5.97 Å². The number of para-hydroxylation sites is 1. The molecule has 2 unspecified atom stereocenters. The van der Waals surface area contributed by atoms with Crippen molar-refractivity contribution in [1.29, 1.82) is 0 Å². The van der Waals surface area contributed by atoms with Gasteiger partial charge in [0.15, 0.2) is 0 Å². The summed E-state index contributed by atoms with van der Waals surface area (Å²) < 4.78 is 6.56. The number of quaternary nitrogens is 1. The molecule has 3 rings (SSSR count). The molecule has 1 N–H and O–H groups in total. The van der Waals surface area contributed by atoms with Gasteiger partial charge in [0, 0.05) is 37.7 Å². The van der Waals surface area contributed by atoms with Gasteiger partial charge in [-0.25, -0.2) is 0 Å². The number of esters is 1. The summed E-state index contributed by atoms with van der Waals surface area (Å²) in [5.74, 6) is 0.551. The van der Waals surface area contributed by atoms with Crippen LogP contribution < -0.4 is 4.74 Å². The predicted octanol–water partition coefficient (Wildman–Crippen LogP) is 3.02. The number of aliphatic hydroxyl groups excluding tert-OH is 1. The summed E-state index contributed by atoms with van der Waals surface area (Å²) in [7, 11) is 2.30. The third-order valence-corrected chi connectivity index (χ3v) is 5.75. The molecule has 2 fully saturated rings. The first-order valence-corrected chi connectivity index (χ1v) is 8.84. The zero-order chi connectivity index (χ0) is 16.4. The molecule has 0 aliphatic carbocycles. The maximum absolute atomic E-state index is 11.9. The smallest absolute Gasteiger partial charge is 0.311 e. The zero-order valence-corrected chi connectivity index (χ0v) is 14.2. The highest BCUT2D eigenvalue weighted by Gasteiger charge is 2.51. The van der Waals surface area contributed by atoms with Gasteiger partial charge in [0.2, 0.25) is 0 Å². The Hall–Kier alpha value is -1.39. The third-order valence-electron chi connectivity index (χ3n) is 5.75. The van der Waals surface area contributed by atoms with Crippen molar-refractivity contribution in [3.05, 3.63) is 29.8 Å². The Morgan fingerprint density at radius 3 is 2.57 bits per heavy atom. The van der Waals surface area contributed by atoms with Gasteiger partial charge in [-0.3, -0.25) is 4.79 Å². The number of aliphatic hydroxyl groups is 1. The molecule has 2 aliphatic rings. The zero-order valence-electron chi connectivity index (χ0n) is 14.2. The molecule has 1 aromatic rings. The van der Waals surface area contributed by atoms with Gasteiger partial charge in [0.25, 0.3) is 0 Å². The molecule has 4 nitrogen and oxygen atoms in total. The minimum atomic E-state index is -0.153. The minimum Gasteiger partial charge on any atom is -0.426 e. The van der Waals surface area contributed by atoms with Crippen molar-refractivity contribution in [2.45, 2.75) is 70.2 Å². The molecule has 2 atom stereocenters. The number of carbonyl (C=O) groups excluding carboxylic acids is 1. The number of hydrogen-bond acceptors (Lipinski definition) is 3. The standard InChI is InChI=1S/C19H28NO3/c1-3-6-19(22)23-18-8-5-4-7-14(18)13-20(2)15-9-10-16(20)12-17(21)11-15/h4-5,7-8,15-17,21H,3,6,9-13H2,1-2H3/q+1. The number of fused-ring (bicyclic) bond motifs is 2. The molecule has 0 radical (unpaired) electrons. The first-order valence-electron chi connectivity index (χ1n) is 8.84. The lowest BCUT2D eigenvalue weighted by Gasteiger charge is -2.46. The molecule has 2 bridgehead atoms. The van der Waals surface area contributed by atoms with Gasteiger partial charge >= 0.3 is 5.97 Å². The largest absolute Gasteiger partial charge is 0.426 e. The van der Waals surface area contributed by atoms with Crippen molar-refractivity contribution in [3.8, 4) is 5.75 Å². The Kier molecular flexibility index (Phi) is 4.74. The highest BCUT2D eigenvalue weighted by Crippen LogP contribution is 2.43. The van der Waals surface area contributed by atoms with Gasteiger partial charge in [-0.2, -0.15) is 0 Å². The Morgan fingerprint density at radius 1 is 1.26 bits per heavy atom. The van der Waals surface area contributed by atoms with Crippen LogP contribution in [0.2, 0.25) is 0 Å². The van der Waals surface area contributed by atoms with E-state index < -0.39 is 0 Å². The molecule has 2 aliphatic heterocycles. The van der Waals surface area contributed by atoms with Crippen LogP contribution >= 0.6 is 0 Å². The van der Waals surface area contributed by atoms with E-state index in [0.29, 0.717) is 24.3 Å².